The molecule has 126 valence electrons. The Morgan fingerprint density at radius 3 is 2.38 bits per heavy atom. The van der Waals surface area contributed by atoms with Gasteiger partial charge in [-0.05, 0) is 30.3 Å². The Kier molecular flexibility index (Phi) is 6.04. The van der Waals surface area contributed by atoms with E-state index in [0.29, 0.717) is 16.3 Å². The lowest BCUT2D eigenvalue weighted by atomic mass is 10.1. The number of thioether (sulfide) groups is 1. The Balaban J connectivity index is 2.14. The maximum absolute atomic E-state index is 12.3. The highest BCUT2D eigenvalue weighted by atomic mass is 35.5. The first-order chi connectivity index (χ1) is 11.3. The van der Waals surface area contributed by atoms with Crippen LogP contribution in [-0.2, 0) is 14.8 Å². The van der Waals surface area contributed by atoms with Gasteiger partial charge in [0.15, 0.2) is 10.9 Å². The van der Waals surface area contributed by atoms with E-state index in [0.717, 1.165) is 11.8 Å². The van der Waals surface area contributed by atoms with E-state index in [1.165, 1.54) is 37.3 Å². The van der Waals surface area contributed by atoms with Crippen LogP contribution in [0.25, 0.3) is 0 Å². The number of carbonyl (C=O) groups is 2. The zero-order valence-electron chi connectivity index (χ0n) is 12.7. The number of sulfonamides is 1. The van der Waals surface area contributed by atoms with Gasteiger partial charge in [0.1, 0.15) is 0 Å². The Labute approximate surface area is 149 Å². The van der Waals surface area contributed by atoms with Gasteiger partial charge >= 0.3 is 0 Å². The summed E-state index contributed by atoms with van der Waals surface area (Å²) < 4.78 is 27.1. The van der Waals surface area contributed by atoms with Gasteiger partial charge in [0, 0.05) is 17.5 Å². The summed E-state index contributed by atoms with van der Waals surface area (Å²) in [6, 6.07) is 11.9. The molecule has 8 heteroatoms. The van der Waals surface area contributed by atoms with Crippen molar-refractivity contribution in [1.29, 1.82) is 0 Å². The van der Waals surface area contributed by atoms with Crippen LogP contribution in [0.15, 0.2) is 53.4 Å². The maximum Gasteiger partial charge on any atom is 0.261 e. The first-order valence-corrected chi connectivity index (χ1v) is 9.67. The van der Waals surface area contributed by atoms with Gasteiger partial charge in [-0.3, -0.25) is 14.3 Å². The van der Waals surface area contributed by atoms with E-state index < -0.39 is 10.0 Å². The largest absolute Gasteiger partial charge is 0.293 e. The fourth-order valence-electron chi connectivity index (χ4n) is 1.84. The summed E-state index contributed by atoms with van der Waals surface area (Å²) in [6.45, 7) is 1.38. The van der Waals surface area contributed by atoms with E-state index in [1.807, 2.05) is 0 Å². The van der Waals surface area contributed by atoms with Crippen LogP contribution in [0.1, 0.15) is 17.3 Å². The minimum atomic E-state index is -3.78. The summed E-state index contributed by atoms with van der Waals surface area (Å²) in [4.78, 5) is 22.8. The van der Waals surface area contributed by atoms with Crippen LogP contribution in [0.2, 0.25) is 5.02 Å². The third kappa shape index (κ3) is 5.09. The molecule has 0 bridgehead atoms. The van der Waals surface area contributed by atoms with Crippen molar-refractivity contribution in [3.8, 4) is 0 Å². The summed E-state index contributed by atoms with van der Waals surface area (Å²) in [5.41, 5.74) is 0.700. The molecular weight excluding hydrogens is 370 g/mol. The van der Waals surface area contributed by atoms with Crippen molar-refractivity contribution in [2.45, 2.75) is 11.8 Å². The summed E-state index contributed by atoms with van der Waals surface area (Å²) in [7, 11) is -3.78. The van der Waals surface area contributed by atoms with Gasteiger partial charge in [0.25, 0.3) is 10.0 Å². The molecular formula is C16H14ClNO4S2. The van der Waals surface area contributed by atoms with Gasteiger partial charge < -0.3 is 0 Å². The zero-order valence-corrected chi connectivity index (χ0v) is 15.0. The molecule has 0 aliphatic carbocycles. The molecule has 2 aromatic carbocycles. The lowest BCUT2D eigenvalue weighted by Crippen LogP contribution is -2.13. The highest BCUT2D eigenvalue weighted by molar-refractivity contribution is 8.14. The maximum atomic E-state index is 12.3. The second-order valence-electron chi connectivity index (χ2n) is 4.84. The number of halogens is 1. The Bertz CT molecular complexity index is 864. The van der Waals surface area contributed by atoms with E-state index in [4.69, 9.17) is 11.6 Å². The standard InChI is InChI=1S/C16H14ClNO4S2/c1-11(19)23-10-16(20)12-5-7-15(8-6-12)24(21,22)18-14-4-2-3-13(17)9-14/h2-9,18H,10H2,1H3. The quantitative estimate of drug-likeness (QED) is 0.771. The number of hydrogen-bond donors (Lipinski definition) is 1. The predicted molar refractivity (Wildman–Crippen MR) is 96.2 cm³/mol. The molecule has 5 nitrogen and oxygen atoms in total. The fraction of sp³-hybridized carbons (Fsp3) is 0.125. The molecule has 0 heterocycles. The van der Waals surface area contributed by atoms with E-state index >= 15 is 0 Å². The molecule has 0 spiro atoms. The van der Waals surface area contributed by atoms with Crippen molar-refractivity contribution >= 4 is 50.0 Å². The number of ketones is 1. The van der Waals surface area contributed by atoms with Crippen molar-refractivity contribution in [2.24, 2.45) is 0 Å². The summed E-state index contributed by atoms with van der Waals surface area (Å²) in [5.74, 6) is -0.204. The molecule has 0 saturated heterocycles. The zero-order chi connectivity index (χ0) is 17.7. The van der Waals surface area contributed by atoms with Gasteiger partial charge in [0.05, 0.1) is 16.3 Å². The number of anilines is 1. The van der Waals surface area contributed by atoms with Crippen LogP contribution in [0.5, 0.6) is 0 Å². The highest BCUT2D eigenvalue weighted by Gasteiger charge is 2.15. The summed E-state index contributed by atoms with van der Waals surface area (Å²) in [6.07, 6.45) is 0. The molecule has 0 amide bonds. The number of hydrogen-bond acceptors (Lipinski definition) is 5. The monoisotopic (exact) mass is 383 g/mol. The minimum Gasteiger partial charge on any atom is -0.293 e. The summed E-state index contributed by atoms with van der Waals surface area (Å²) >= 11 is 6.74. The fourth-order valence-corrected chi connectivity index (χ4v) is 3.58. The number of nitrogens with one attached hydrogen (secondary N) is 1. The van der Waals surface area contributed by atoms with Crippen molar-refractivity contribution < 1.29 is 18.0 Å². The Morgan fingerprint density at radius 1 is 1.12 bits per heavy atom. The third-order valence-electron chi connectivity index (χ3n) is 2.97. The molecule has 24 heavy (non-hydrogen) atoms. The van der Waals surface area contributed by atoms with Crippen LogP contribution in [-0.4, -0.2) is 25.1 Å². The minimum absolute atomic E-state index is 0.0262. The van der Waals surface area contributed by atoms with E-state index in [2.05, 4.69) is 4.72 Å². The van der Waals surface area contributed by atoms with Gasteiger partial charge in [-0.1, -0.05) is 41.6 Å². The molecule has 2 rings (SSSR count). The second kappa shape index (κ2) is 7.83. The van der Waals surface area contributed by atoms with Gasteiger partial charge in [-0.2, -0.15) is 0 Å². The molecule has 0 radical (unpaired) electrons. The molecule has 0 aromatic heterocycles. The third-order valence-corrected chi connectivity index (χ3v) is 5.42. The second-order valence-corrected chi connectivity index (χ2v) is 8.11. The van der Waals surface area contributed by atoms with Crippen molar-refractivity contribution in [3.63, 3.8) is 0 Å². The predicted octanol–water partition coefficient (Wildman–Crippen LogP) is 3.60. The first kappa shape index (κ1) is 18.5. The van der Waals surface area contributed by atoms with Crippen molar-refractivity contribution in [2.75, 3.05) is 10.5 Å². The van der Waals surface area contributed by atoms with Crippen LogP contribution in [0.4, 0.5) is 5.69 Å². The van der Waals surface area contributed by atoms with Gasteiger partial charge in [0.2, 0.25) is 0 Å². The molecule has 0 aliphatic rings. The van der Waals surface area contributed by atoms with E-state index in [9.17, 15) is 18.0 Å². The van der Waals surface area contributed by atoms with Crippen LogP contribution >= 0.6 is 23.4 Å². The lowest BCUT2D eigenvalue weighted by molar-refractivity contribution is -0.109. The van der Waals surface area contributed by atoms with Crippen molar-refractivity contribution in [3.05, 3.63) is 59.1 Å². The normalized spacial score (nSPS) is 11.1. The van der Waals surface area contributed by atoms with E-state index in [-0.39, 0.29) is 21.5 Å². The molecule has 0 fully saturated rings. The van der Waals surface area contributed by atoms with Gasteiger partial charge in [-0.25, -0.2) is 8.42 Å². The molecule has 0 atom stereocenters. The number of carbonyl (C=O) groups excluding carboxylic acids is 2. The number of benzene rings is 2. The molecule has 1 N–H and O–H groups in total. The number of Topliss-reactive ketones (excluding diaryl/α,β-unsaturated/α-hetero) is 1. The Morgan fingerprint density at radius 2 is 1.79 bits per heavy atom. The smallest absolute Gasteiger partial charge is 0.261 e. The van der Waals surface area contributed by atoms with Crippen LogP contribution < -0.4 is 4.72 Å². The summed E-state index contributed by atoms with van der Waals surface area (Å²) in [5, 5.41) is 0.271. The average molecular weight is 384 g/mol. The van der Waals surface area contributed by atoms with Crippen LogP contribution in [0, 0.1) is 0 Å². The molecule has 0 aliphatic heterocycles. The van der Waals surface area contributed by atoms with E-state index in [1.54, 1.807) is 18.2 Å². The number of rotatable bonds is 6. The SMILES string of the molecule is CC(=O)SCC(=O)c1ccc(S(=O)(=O)Nc2cccc(Cl)c2)cc1. The average Bonchev–Trinajstić information content (AvgIpc) is 2.52. The molecule has 0 unspecified atom stereocenters. The first-order valence-electron chi connectivity index (χ1n) is 6.83. The highest BCUT2D eigenvalue weighted by Crippen LogP contribution is 2.20. The lowest BCUT2D eigenvalue weighted by Gasteiger charge is -2.09. The van der Waals surface area contributed by atoms with Gasteiger partial charge in [-0.15, -0.1) is 0 Å². The molecule has 0 saturated carbocycles. The molecule has 2 aromatic rings. The Hall–Kier alpha value is -1.83. The van der Waals surface area contributed by atoms with Crippen LogP contribution in [0.3, 0.4) is 0 Å². The van der Waals surface area contributed by atoms with Crippen molar-refractivity contribution in [1.82, 2.24) is 0 Å². The topological polar surface area (TPSA) is 80.3 Å².